The predicted octanol–water partition coefficient (Wildman–Crippen LogP) is 3.40. The molecule has 3 aromatic rings. The number of anilines is 1. The topological polar surface area (TPSA) is 92.6 Å². The molecule has 1 atom stereocenters. The summed E-state index contributed by atoms with van der Waals surface area (Å²) in [6, 6.07) is 14.9. The van der Waals surface area contributed by atoms with Crippen LogP contribution in [0.25, 0.3) is 11.3 Å². The van der Waals surface area contributed by atoms with Crippen LogP contribution >= 0.6 is 0 Å². The Bertz CT molecular complexity index is 1430. The predicted molar refractivity (Wildman–Crippen MR) is 136 cm³/mol. The minimum atomic E-state index is -3.67. The standard InChI is InChI=1S/C26H30N4O4S/c1-5-28(6-2)35(33,34)24-17-21(12-11-18(24)3)22-13-14-25(31)30(27-22)19(4)26(32)29-16-15-20-9-7-8-10-23(20)29/h7-14,17,19H,5-6,15-16H2,1-4H3/t19-/m0/s1. The smallest absolute Gasteiger partial charge is 0.267 e. The molecule has 184 valence electrons. The van der Waals surface area contributed by atoms with Crippen molar-refractivity contribution in [2.45, 2.75) is 45.1 Å². The number of rotatable bonds is 7. The van der Waals surface area contributed by atoms with Crippen molar-refractivity contribution in [2.75, 3.05) is 24.5 Å². The molecule has 1 aliphatic rings. The van der Waals surface area contributed by atoms with E-state index in [4.69, 9.17) is 0 Å². The first kappa shape index (κ1) is 24.8. The number of amides is 1. The Morgan fingerprint density at radius 2 is 1.80 bits per heavy atom. The fraction of sp³-hybridized carbons (Fsp3) is 0.346. The Morgan fingerprint density at radius 3 is 2.51 bits per heavy atom. The van der Waals surface area contributed by atoms with Gasteiger partial charge < -0.3 is 4.90 Å². The molecular weight excluding hydrogens is 464 g/mol. The number of fused-ring (bicyclic) bond motifs is 1. The van der Waals surface area contributed by atoms with Crippen molar-refractivity contribution in [2.24, 2.45) is 0 Å². The van der Waals surface area contributed by atoms with Gasteiger partial charge in [0.2, 0.25) is 10.0 Å². The summed E-state index contributed by atoms with van der Waals surface area (Å²) in [6.45, 7) is 8.30. The molecule has 0 radical (unpaired) electrons. The lowest BCUT2D eigenvalue weighted by atomic mass is 10.1. The Balaban J connectivity index is 1.70. The zero-order valence-corrected chi connectivity index (χ0v) is 21.2. The lowest BCUT2D eigenvalue weighted by Crippen LogP contribution is -2.39. The number of aryl methyl sites for hydroxylation is 1. The minimum absolute atomic E-state index is 0.205. The highest BCUT2D eigenvalue weighted by molar-refractivity contribution is 7.89. The normalized spacial score (nSPS) is 14.3. The summed E-state index contributed by atoms with van der Waals surface area (Å²) >= 11 is 0. The van der Waals surface area contributed by atoms with Gasteiger partial charge in [0, 0.05) is 37.0 Å². The third-order valence-corrected chi connectivity index (χ3v) is 8.70. The fourth-order valence-corrected chi connectivity index (χ4v) is 6.20. The van der Waals surface area contributed by atoms with E-state index >= 15 is 0 Å². The van der Waals surface area contributed by atoms with Crippen LogP contribution in [0, 0.1) is 6.92 Å². The van der Waals surface area contributed by atoms with E-state index in [0.29, 0.717) is 36.5 Å². The van der Waals surface area contributed by atoms with Crippen LogP contribution in [0.4, 0.5) is 5.69 Å². The lowest BCUT2D eigenvalue weighted by molar-refractivity contribution is -0.121. The molecule has 1 amide bonds. The van der Waals surface area contributed by atoms with Gasteiger partial charge in [-0.2, -0.15) is 9.40 Å². The summed E-state index contributed by atoms with van der Waals surface area (Å²) in [7, 11) is -3.67. The second-order valence-electron chi connectivity index (χ2n) is 8.62. The fourth-order valence-electron chi connectivity index (χ4n) is 4.49. The van der Waals surface area contributed by atoms with E-state index in [2.05, 4.69) is 5.10 Å². The Labute approximate surface area is 205 Å². The molecule has 2 aromatic carbocycles. The highest BCUT2D eigenvalue weighted by Crippen LogP contribution is 2.30. The SMILES string of the molecule is CCN(CC)S(=O)(=O)c1cc(-c2ccc(=O)n([C@@H](C)C(=O)N3CCc4ccccc43)n2)ccc1C. The molecular formula is C26H30N4O4S. The number of hydrogen-bond donors (Lipinski definition) is 0. The van der Waals surface area contributed by atoms with Crippen molar-refractivity contribution in [1.82, 2.24) is 14.1 Å². The second-order valence-corrected chi connectivity index (χ2v) is 10.5. The lowest BCUT2D eigenvalue weighted by Gasteiger charge is -2.23. The highest BCUT2D eigenvalue weighted by Gasteiger charge is 2.30. The molecule has 0 spiro atoms. The van der Waals surface area contributed by atoms with Crippen LogP contribution in [0.1, 0.15) is 37.9 Å². The number of aromatic nitrogens is 2. The molecule has 0 aliphatic carbocycles. The maximum absolute atomic E-state index is 13.3. The molecule has 2 heterocycles. The van der Waals surface area contributed by atoms with E-state index < -0.39 is 21.6 Å². The molecule has 1 aromatic heterocycles. The molecule has 35 heavy (non-hydrogen) atoms. The molecule has 0 N–H and O–H groups in total. The summed E-state index contributed by atoms with van der Waals surface area (Å²) in [4.78, 5) is 27.9. The van der Waals surface area contributed by atoms with Gasteiger partial charge in [0.15, 0.2) is 0 Å². The number of hydrogen-bond acceptors (Lipinski definition) is 5. The van der Waals surface area contributed by atoms with E-state index in [-0.39, 0.29) is 10.8 Å². The first-order valence-electron chi connectivity index (χ1n) is 11.8. The van der Waals surface area contributed by atoms with Gasteiger partial charge in [-0.05, 0) is 49.6 Å². The van der Waals surface area contributed by atoms with Crippen molar-refractivity contribution in [3.05, 3.63) is 76.1 Å². The average molecular weight is 495 g/mol. The van der Waals surface area contributed by atoms with Gasteiger partial charge in [0.05, 0.1) is 10.6 Å². The summed E-state index contributed by atoms with van der Waals surface area (Å²) in [5.74, 6) is -0.213. The molecule has 8 nitrogen and oxygen atoms in total. The van der Waals surface area contributed by atoms with E-state index in [1.54, 1.807) is 56.9 Å². The van der Waals surface area contributed by atoms with Crippen molar-refractivity contribution in [1.29, 1.82) is 0 Å². The van der Waals surface area contributed by atoms with Gasteiger partial charge in [-0.1, -0.05) is 44.2 Å². The molecule has 0 fully saturated rings. The number of nitrogens with zero attached hydrogens (tertiary/aromatic N) is 4. The van der Waals surface area contributed by atoms with Crippen LogP contribution in [0.5, 0.6) is 0 Å². The van der Waals surface area contributed by atoms with E-state index in [1.165, 1.54) is 15.1 Å². The molecule has 9 heteroatoms. The average Bonchev–Trinajstić information content (AvgIpc) is 3.28. The number of sulfonamides is 1. The Morgan fingerprint density at radius 1 is 1.09 bits per heavy atom. The van der Waals surface area contributed by atoms with Gasteiger partial charge in [0.25, 0.3) is 11.5 Å². The second kappa shape index (κ2) is 9.75. The molecule has 0 saturated carbocycles. The van der Waals surface area contributed by atoms with Gasteiger partial charge in [-0.25, -0.2) is 13.1 Å². The van der Waals surface area contributed by atoms with Gasteiger partial charge >= 0.3 is 0 Å². The monoisotopic (exact) mass is 494 g/mol. The van der Waals surface area contributed by atoms with Crippen molar-refractivity contribution < 1.29 is 13.2 Å². The number of para-hydroxylation sites is 1. The zero-order valence-electron chi connectivity index (χ0n) is 20.4. The molecule has 0 bridgehead atoms. The van der Waals surface area contributed by atoms with E-state index in [0.717, 1.165) is 17.7 Å². The first-order valence-corrected chi connectivity index (χ1v) is 13.2. The van der Waals surface area contributed by atoms with Crippen molar-refractivity contribution >= 4 is 21.6 Å². The summed E-state index contributed by atoms with van der Waals surface area (Å²) < 4.78 is 28.9. The van der Waals surface area contributed by atoms with E-state index in [9.17, 15) is 18.0 Å². The molecule has 0 saturated heterocycles. The molecule has 0 unspecified atom stereocenters. The van der Waals surface area contributed by atoms with E-state index in [1.807, 2.05) is 24.3 Å². The third kappa shape index (κ3) is 4.53. The molecule has 1 aliphatic heterocycles. The van der Waals surface area contributed by atoms with Gasteiger partial charge in [-0.15, -0.1) is 0 Å². The zero-order chi connectivity index (χ0) is 25.3. The summed E-state index contributed by atoms with van der Waals surface area (Å²) in [6.07, 6.45) is 0.768. The largest absolute Gasteiger partial charge is 0.310 e. The number of benzene rings is 2. The van der Waals surface area contributed by atoms with Crippen LogP contribution < -0.4 is 10.5 Å². The number of carbonyl (C=O) groups excluding carboxylic acids is 1. The van der Waals surface area contributed by atoms with Crippen LogP contribution in [0.15, 0.2) is 64.3 Å². The summed E-state index contributed by atoms with van der Waals surface area (Å²) in [5.41, 5.74) is 3.17. The van der Waals surface area contributed by atoms with Crippen LogP contribution in [-0.4, -0.2) is 48.0 Å². The van der Waals surface area contributed by atoms with Gasteiger partial charge in [0.1, 0.15) is 6.04 Å². The summed E-state index contributed by atoms with van der Waals surface area (Å²) in [5, 5.41) is 4.48. The Hall–Kier alpha value is -3.30. The van der Waals surface area contributed by atoms with Crippen molar-refractivity contribution in [3.63, 3.8) is 0 Å². The highest BCUT2D eigenvalue weighted by atomic mass is 32.2. The van der Waals surface area contributed by atoms with Crippen LogP contribution in [-0.2, 0) is 21.2 Å². The Kier molecular flexibility index (Phi) is 6.91. The maximum atomic E-state index is 13.3. The van der Waals surface area contributed by atoms with Gasteiger partial charge in [-0.3, -0.25) is 9.59 Å². The van der Waals surface area contributed by atoms with Crippen LogP contribution in [0.2, 0.25) is 0 Å². The van der Waals surface area contributed by atoms with Crippen LogP contribution in [0.3, 0.4) is 0 Å². The van der Waals surface area contributed by atoms with Crippen molar-refractivity contribution in [3.8, 4) is 11.3 Å². The first-order chi connectivity index (χ1) is 16.7. The quantitative estimate of drug-likeness (QED) is 0.502. The maximum Gasteiger partial charge on any atom is 0.267 e. The molecule has 4 rings (SSSR count). The minimum Gasteiger partial charge on any atom is -0.310 e. The number of carbonyl (C=O) groups is 1. The third-order valence-electron chi connectivity index (χ3n) is 6.51.